The number of thiophene rings is 1. The average Bonchev–Trinajstić information content (AvgIpc) is 3.18. The number of carbonyl (C=O) groups is 3. The van der Waals surface area contributed by atoms with Crippen LogP contribution in [-0.2, 0) is 4.79 Å². The standard InChI is InChI=1S/C21H18N2O4S/c1-13-11-16(8-9-18(13)23-21(26)19-7-4-10-28-19)22-20(25)15-5-3-6-17(12-15)27-14(2)24/h3-12H,1-2H3,(H,22,25)(H,23,26). The second-order valence-corrected chi connectivity index (χ2v) is 6.98. The normalized spacial score (nSPS) is 10.2. The van der Waals surface area contributed by atoms with Crippen LogP contribution in [0.4, 0.5) is 11.4 Å². The van der Waals surface area contributed by atoms with Crippen molar-refractivity contribution in [3.63, 3.8) is 0 Å². The Morgan fingerprint density at radius 1 is 0.929 bits per heavy atom. The number of hydrogen-bond donors (Lipinski definition) is 2. The predicted molar refractivity (Wildman–Crippen MR) is 109 cm³/mol. The number of esters is 1. The number of hydrogen-bond acceptors (Lipinski definition) is 5. The molecule has 1 aromatic heterocycles. The number of benzene rings is 2. The summed E-state index contributed by atoms with van der Waals surface area (Å²) in [5, 5.41) is 7.50. The van der Waals surface area contributed by atoms with Crippen LogP contribution in [0.15, 0.2) is 60.0 Å². The van der Waals surface area contributed by atoms with Gasteiger partial charge in [-0.1, -0.05) is 12.1 Å². The molecule has 0 bridgehead atoms. The number of anilines is 2. The molecule has 1 heterocycles. The van der Waals surface area contributed by atoms with E-state index < -0.39 is 5.97 Å². The van der Waals surface area contributed by atoms with E-state index >= 15 is 0 Å². The lowest BCUT2D eigenvalue weighted by Gasteiger charge is -2.11. The van der Waals surface area contributed by atoms with E-state index in [-0.39, 0.29) is 11.8 Å². The molecule has 0 saturated carbocycles. The Labute approximate surface area is 166 Å². The van der Waals surface area contributed by atoms with E-state index in [2.05, 4.69) is 10.6 Å². The lowest BCUT2D eigenvalue weighted by Crippen LogP contribution is -2.14. The van der Waals surface area contributed by atoms with Crippen LogP contribution in [0.5, 0.6) is 5.75 Å². The van der Waals surface area contributed by atoms with E-state index in [0.29, 0.717) is 27.6 Å². The summed E-state index contributed by atoms with van der Waals surface area (Å²) in [6.07, 6.45) is 0. The highest BCUT2D eigenvalue weighted by molar-refractivity contribution is 7.12. The maximum Gasteiger partial charge on any atom is 0.308 e. The molecular weight excluding hydrogens is 376 g/mol. The zero-order chi connectivity index (χ0) is 20.1. The highest BCUT2D eigenvalue weighted by atomic mass is 32.1. The first-order valence-corrected chi connectivity index (χ1v) is 9.35. The van der Waals surface area contributed by atoms with Crippen molar-refractivity contribution in [2.45, 2.75) is 13.8 Å². The molecule has 6 nitrogen and oxygen atoms in total. The van der Waals surface area contributed by atoms with E-state index in [9.17, 15) is 14.4 Å². The van der Waals surface area contributed by atoms with Crippen molar-refractivity contribution in [2.24, 2.45) is 0 Å². The van der Waals surface area contributed by atoms with Gasteiger partial charge in [-0.15, -0.1) is 11.3 Å². The van der Waals surface area contributed by atoms with Crippen LogP contribution >= 0.6 is 11.3 Å². The highest BCUT2D eigenvalue weighted by Gasteiger charge is 2.11. The number of nitrogens with one attached hydrogen (secondary N) is 2. The highest BCUT2D eigenvalue weighted by Crippen LogP contribution is 2.22. The van der Waals surface area contributed by atoms with Gasteiger partial charge in [-0.3, -0.25) is 14.4 Å². The van der Waals surface area contributed by atoms with E-state index in [1.807, 2.05) is 18.4 Å². The van der Waals surface area contributed by atoms with Gasteiger partial charge < -0.3 is 15.4 Å². The van der Waals surface area contributed by atoms with Crippen molar-refractivity contribution in [3.05, 3.63) is 76.0 Å². The van der Waals surface area contributed by atoms with Gasteiger partial charge in [0.15, 0.2) is 0 Å². The smallest absolute Gasteiger partial charge is 0.308 e. The van der Waals surface area contributed by atoms with Crippen LogP contribution in [-0.4, -0.2) is 17.8 Å². The molecule has 0 aliphatic carbocycles. The monoisotopic (exact) mass is 394 g/mol. The fourth-order valence-electron chi connectivity index (χ4n) is 2.54. The number of ether oxygens (including phenoxy) is 1. The summed E-state index contributed by atoms with van der Waals surface area (Å²) in [5.74, 6) is -0.641. The third-order valence-corrected chi connectivity index (χ3v) is 4.70. The number of amides is 2. The van der Waals surface area contributed by atoms with E-state index in [1.54, 1.807) is 42.5 Å². The van der Waals surface area contributed by atoms with Gasteiger partial charge in [0.05, 0.1) is 4.88 Å². The van der Waals surface area contributed by atoms with Crippen molar-refractivity contribution in [3.8, 4) is 5.75 Å². The summed E-state index contributed by atoms with van der Waals surface area (Å²) in [5.41, 5.74) is 2.45. The summed E-state index contributed by atoms with van der Waals surface area (Å²) in [7, 11) is 0. The Morgan fingerprint density at radius 2 is 1.75 bits per heavy atom. The van der Waals surface area contributed by atoms with Gasteiger partial charge in [-0.2, -0.15) is 0 Å². The molecule has 0 aliphatic heterocycles. The molecule has 2 amide bonds. The zero-order valence-corrected chi connectivity index (χ0v) is 16.1. The molecule has 0 saturated heterocycles. The van der Waals surface area contributed by atoms with Crippen molar-refractivity contribution >= 4 is 40.5 Å². The molecule has 0 atom stereocenters. The Morgan fingerprint density at radius 3 is 2.43 bits per heavy atom. The third kappa shape index (κ3) is 4.83. The van der Waals surface area contributed by atoms with E-state index in [4.69, 9.17) is 4.74 Å². The SMILES string of the molecule is CC(=O)Oc1cccc(C(=O)Nc2ccc(NC(=O)c3cccs3)c(C)c2)c1. The molecule has 3 aromatic rings. The van der Waals surface area contributed by atoms with Crippen molar-refractivity contribution in [1.29, 1.82) is 0 Å². The third-order valence-electron chi connectivity index (χ3n) is 3.84. The largest absolute Gasteiger partial charge is 0.427 e. The average molecular weight is 394 g/mol. The van der Waals surface area contributed by atoms with Crippen LogP contribution in [0, 0.1) is 6.92 Å². The molecule has 0 aliphatic rings. The Hall–Kier alpha value is -3.45. The maximum atomic E-state index is 12.5. The van der Waals surface area contributed by atoms with Crippen LogP contribution in [0.2, 0.25) is 0 Å². The second-order valence-electron chi connectivity index (χ2n) is 6.04. The number of aryl methyl sites for hydroxylation is 1. The lowest BCUT2D eigenvalue weighted by molar-refractivity contribution is -0.131. The molecule has 0 fully saturated rings. The van der Waals surface area contributed by atoms with Gasteiger partial charge in [0.1, 0.15) is 5.75 Å². The molecule has 3 rings (SSSR count). The van der Waals surface area contributed by atoms with E-state index in [0.717, 1.165) is 5.56 Å². The summed E-state index contributed by atoms with van der Waals surface area (Å²) in [6.45, 7) is 3.15. The Balaban J connectivity index is 1.69. The van der Waals surface area contributed by atoms with Crippen molar-refractivity contribution in [1.82, 2.24) is 0 Å². The van der Waals surface area contributed by atoms with Crippen LogP contribution in [0.1, 0.15) is 32.5 Å². The fraction of sp³-hybridized carbons (Fsp3) is 0.0952. The van der Waals surface area contributed by atoms with Gasteiger partial charge in [0, 0.05) is 23.9 Å². The molecular formula is C21H18N2O4S. The lowest BCUT2D eigenvalue weighted by atomic mass is 10.1. The molecule has 28 heavy (non-hydrogen) atoms. The molecule has 0 unspecified atom stereocenters. The van der Waals surface area contributed by atoms with Crippen molar-refractivity contribution in [2.75, 3.05) is 10.6 Å². The predicted octanol–water partition coefficient (Wildman–Crippen LogP) is 4.49. The molecule has 0 spiro atoms. The van der Waals surface area contributed by atoms with Crippen LogP contribution in [0.3, 0.4) is 0 Å². The molecule has 2 aromatic carbocycles. The van der Waals surface area contributed by atoms with Gasteiger partial charge >= 0.3 is 5.97 Å². The van der Waals surface area contributed by atoms with Crippen LogP contribution in [0.25, 0.3) is 0 Å². The fourth-order valence-corrected chi connectivity index (χ4v) is 3.16. The van der Waals surface area contributed by atoms with Gasteiger partial charge in [0.25, 0.3) is 11.8 Å². The van der Waals surface area contributed by atoms with Gasteiger partial charge in [0.2, 0.25) is 0 Å². The minimum atomic E-state index is -0.451. The van der Waals surface area contributed by atoms with E-state index in [1.165, 1.54) is 24.3 Å². The molecule has 7 heteroatoms. The first kappa shape index (κ1) is 19.3. The second kappa shape index (κ2) is 8.49. The quantitative estimate of drug-likeness (QED) is 0.493. The first-order valence-electron chi connectivity index (χ1n) is 8.48. The number of carbonyl (C=O) groups excluding carboxylic acids is 3. The summed E-state index contributed by atoms with van der Waals surface area (Å²) in [6, 6.07) is 15.2. The summed E-state index contributed by atoms with van der Waals surface area (Å²) in [4.78, 5) is 36.3. The summed E-state index contributed by atoms with van der Waals surface area (Å²) < 4.78 is 5.00. The van der Waals surface area contributed by atoms with Crippen LogP contribution < -0.4 is 15.4 Å². The maximum absolute atomic E-state index is 12.5. The van der Waals surface area contributed by atoms with Gasteiger partial charge in [-0.05, 0) is 60.3 Å². The molecule has 0 radical (unpaired) electrons. The number of rotatable bonds is 5. The Kier molecular flexibility index (Phi) is 5.86. The van der Waals surface area contributed by atoms with Crippen molar-refractivity contribution < 1.29 is 19.1 Å². The first-order chi connectivity index (χ1) is 13.4. The topological polar surface area (TPSA) is 84.5 Å². The zero-order valence-electron chi connectivity index (χ0n) is 15.3. The minimum Gasteiger partial charge on any atom is -0.427 e. The Bertz CT molecular complexity index is 1030. The summed E-state index contributed by atoms with van der Waals surface area (Å²) >= 11 is 1.37. The molecule has 2 N–H and O–H groups in total. The minimum absolute atomic E-state index is 0.169. The van der Waals surface area contributed by atoms with Gasteiger partial charge in [-0.25, -0.2) is 0 Å². The molecule has 142 valence electrons.